The number of pyridine rings is 1. The molecule has 3 rings (SSSR count). The Kier molecular flexibility index (Phi) is 4.99. The van der Waals surface area contributed by atoms with Crippen LogP contribution in [0.1, 0.15) is 42.9 Å². The molecule has 1 fully saturated rings. The second-order valence-electron chi connectivity index (χ2n) is 6.48. The Morgan fingerprint density at radius 3 is 2.83 bits per heavy atom. The number of urea groups is 1. The highest BCUT2D eigenvalue weighted by molar-refractivity contribution is 5.88. The summed E-state index contributed by atoms with van der Waals surface area (Å²) >= 11 is 0. The molecule has 0 radical (unpaired) electrons. The number of carbonyl (C=O) groups excluding carboxylic acids is 1. The molecule has 0 unspecified atom stereocenters. The molecule has 1 heterocycles. The Bertz CT molecular complexity index is 716. The molecule has 5 heteroatoms. The summed E-state index contributed by atoms with van der Waals surface area (Å²) in [6, 6.07) is 11.7. The first-order valence-electron chi connectivity index (χ1n) is 8.46. The minimum absolute atomic E-state index is 0.411. The molecule has 1 saturated carbocycles. The third kappa shape index (κ3) is 4.04. The predicted octanol–water partition coefficient (Wildman–Crippen LogP) is 4.02. The van der Waals surface area contributed by atoms with Gasteiger partial charge in [0.25, 0.3) is 0 Å². The molecule has 0 aliphatic heterocycles. The number of benzene rings is 1. The van der Waals surface area contributed by atoms with Gasteiger partial charge in [0.05, 0.1) is 0 Å². The number of anilines is 2. The summed E-state index contributed by atoms with van der Waals surface area (Å²) in [6.07, 6.45) is 6.50. The van der Waals surface area contributed by atoms with Crippen LogP contribution in [0.2, 0.25) is 0 Å². The fourth-order valence-electron chi connectivity index (χ4n) is 3.56. The first-order chi connectivity index (χ1) is 11.6. The first kappa shape index (κ1) is 16.3. The van der Waals surface area contributed by atoms with E-state index in [1.54, 1.807) is 0 Å². The van der Waals surface area contributed by atoms with E-state index < -0.39 is 6.03 Å². The average molecular weight is 324 g/mol. The fourth-order valence-corrected chi connectivity index (χ4v) is 3.56. The lowest BCUT2D eigenvalue weighted by Gasteiger charge is -2.31. The summed E-state index contributed by atoms with van der Waals surface area (Å²) in [6.45, 7) is 2.14. The van der Waals surface area contributed by atoms with Crippen LogP contribution in [-0.4, -0.2) is 17.1 Å². The van der Waals surface area contributed by atoms with Gasteiger partial charge in [0.2, 0.25) is 0 Å². The molecule has 126 valence electrons. The lowest BCUT2D eigenvalue weighted by molar-refractivity contribution is 0.259. The second-order valence-corrected chi connectivity index (χ2v) is 6.48. The van der Waals surface area contributed by atoms with E-state index in [4.69, 9.17) is 5.73 Å². The van der Waals surface area contributed by atoms with E-state index in [9.17, 15) is 4.79 Å². The van der Waals surface area contributed by atoms with Crippen LogP contribution in [0.15, 0.2) is 42.6 Å². The highest BCUT2D eigenvalue weighted by atomic mass is 16.2. The zero-order valence-corrected chi connectivity index (χ0v) is 14.0. The first-order valence-corrected chi connectivity index (χ1v) is 8.46. The normalized spacial score (nSPS) is 20.4. The number of nitrogens with one attached hydrogen (secondary N) is 2. The van der Waals surface area contributed by atoms with Crippen molar-refractivity contribution in [3.63, 3.8) is 0 Å². The Morgan fingerprint density at radius 1 is 1.21 bits per heavy atom. The lowest BCUT2D eigenvalue weighted by Crippen LogP contribution is -2.27. The quantitative estimate of drug-likeness (QED) is 0.794. The average Bonchev–Trinajstić information content (AvgIpc) is 2.55. The summed E-state index contributed by atoms with van der Waals surface area (Å²) in [5.74, 6) is 0.504. The molecular formula is C19H24N4O. The van der Waals surface area contributed by atoms with Crippen molar-refractivity contribution in [1.82, 2.24) is 4.98 Å². The molecule has 24 heavy (non-hydrogen) atoms. The van der Waals surface area contributed by atoms with Gasteiger partial charge in [-0.1, -0.05) is 18.6 Å². The Balaban J connectivity index is 1.67. The summed E-state index contributed by atoms with van der Waals surface area (Å²) < 4.78 is 0. The smallest absolute Gasteiger partial charge is 0.316 e. The molecule has 0 saturated heterocycles. The van der Waals surface area contributed by atoms with Gasteiger partial charge in [0, 0.05) is 35.2 Å². The van der Waals surface area contributed by atoms with Crippen molar-refractivity contribution in [3.8, 4) is 0 Å². The third-order valence-electron chi connectivity index (χ3n) is 4.61. The van der Waals surface area contributed by atoms with Crippen LogP contribution in [0, 0.1) is 6.92 Å². The van der Waals surface area contributed by atoms with Gasteiger partial charge in [0.1, 0.15) is 0 Å². The van der Waals surface area contributed by atoms with Crippen LogP contribution in [0.25, 0.3) is 0 Å². The van der Waals surface area contributed by atoms with E-state index in [0.717, 1.165) is 18.5 Å². The lowest BCUT2D eigenvalue weighted by atomic mass is 9.82. The molecule has 1 aliphatic carbocycles. The van der Waals surface area contributed by atoms with E-state index >= 15 is 0 Å². The maximum absolute atomic E-state index is 11.0. The number of nitrogens with two attached hydrogens (primary N) is 1. The van der Waals surface area contributed by atoms with Gasteiger partial charge in [-0.3, -0.25) is 4.98 Å². The summed E-state index contributed by atoms with van der Waals surface area (Å²) in [5.41, 5.74) is 9.39. The Hall–Kier alpha value is -2.56. The summed E-state index contributed by atoms with van der Waals surface area (Å²) in [4.78, 5) is 15.6. The molecule has 0 bridgehead atoms. The van der Waals surface area contributed by atoms with Gasteiger partial charge < -0.3 is 16.4 Å². The zero-order chi connectivity index (χ0) is 16.9. The maximum Gasteiger partial charge on any atom is 0.316 e. The van der Waals surface area contributed by atoms with Gasteiger partial charge in [0.15, 0.2) is 0 Å². The largest absolute Gasteiger partial charge is 0.382 e. The van der Waals surface area contributed by atoms with E-state index in [1.165, 1.54) is 24.1 Å². The van der Waals surface area contributed by atoms with E-state index in [1.807, 2.05) is 36.5 Å². The van der Waals surface area contributed by atoms with Crippen molar-refractivity contribution in [1.29, 1.82) is 0 Å². The number of hydrogen-bond donors (Lipinski definition) is 3. The number of hydrogen-bond acceptors (Lipinski definition) is 3. The van der Waals surface area contributed by atoms with E-state index in [0.29, 0.717) is 17.6 Å². The van der Waals surface area contributed by atoms with E-state index in [2.05, 4.69) is 28.6 Å². The highest BCUT2D eigenvalue weighted by Crippen LogP contribution is 2.34. The Labute approximate surface area is 142 Å². The van der Waals surface area contributed by atoms with Crippen molar-refractivity contribution >= 4 is 17.4 Å². The van der Waals surface area contributed by atoms with Gasteiger partial charge >= 0.3 is 6.03 Å². The molecule has 4 N–H and O–H groups in total. The SMILES string of the molecule is Cc1cccnc1[C@H]1CCC[C@H](Nc2cccc(NC(N)=O)c2)C1. The fraction of sp³-hybridized carbons (Fsp3) is 0.368. The van der Waals surface area contributed by atoms with Crippen LogP contribution in [0.5, 0.6) is 0 Å². The standard InChI is InChI=1S/C19H24N4O/c1-13-5-4-10-21-18(13)14-6-2-7-15(11-14)22-16-8-3-9-17(12-16)23-19(20)24/h3-5,8-10,12,14-15,22H,2,6-7,11H2,1H3,(H3,20,23,24)/t14-,15-/m0/s1. The van der Waals surface area contributed by atoms with Crippen molar-refractivity contribution in [2.24, 2.45) is 5.73 Å². The molecule has 0 spiro atoms. The van der Waals surface area contributed by atoms with Crippen molar-refractivity contribution < 1.29 is 4.79 Å². The van der Waals surface area contributed by atoms with E-state index in [-0.39, 0.29) is 0 Å². The molecule has 1 aromatic carbocycles. The van der Waals surface area contributed by atoms with Crippen molar-refractivity contribution in [3.05, 3.63) is 53.9 Å². The topological polar surface area (TPSA) is 80.0 Å². The van der Waals surface area contributed by atoms with Gasteiger partial charge in [-0.2, -0.15) is 0 Å². The van der Waals surface area contributed by atoms with Crippen LogP contribution < -0.4 is 16.4 Å². The van der Waals surface area contributed by atoms with Gasteiger partial charge in [-0.15, -0.1) is 0 Å². The number of aromatic nitrogens is 1. The number of amides is 2. The predicted molar refractivity (Wildman–Crippen MR) is 97.2 cm³/mol. The zero-order valence-electron chi connectivity index (χ0n) is 14.0. The highest BCUT2D eigenvalue weighted by Gasteiger charge is 2.25. The van der Waals surface area contributed by atoms with Gasteiger partial charge in [-0.05, 0) is 56.0 Å². The van der Waals surface area contributed by atoms with Crippen LogP contribution in [0.3, 0.4) is 0 Å². The summed E-state index contributed by atoms with van der Waals surface area (Å²) in [5, 5.41) is 6.21. The number of nitrogens with zero attached hydrogens (tertiary/aromatic N) is 1. The molecule has 2 aromatic rings. The third-order valence-corrected chi connectivity index (χ3v) is 4.61. The Morgan fingerprint density at radius 2 is 2.04 bits per heavy atom. The minimum atomic E-state index is -0.546. The molecule has 2 amide bonds. The van der Waals surface area contributed by atoms with Crippen LogP contribution in [-0.2, 0) is 0 Å². The molecule has 1 aliphatic rings. The van der Waals surface area contributed by atoms with Crippen LogP contribution in [0.4, 0.5) is 16.2 Å². The maximum atomic E-state index is 11.0. The van der Waals surface area contributed by atoms with Gasteiger partial charge in [-0.25, -0.2) is 4.79 Å². The molecular weight excluding hydrogens is 300 g/mol. The minimum Gasteiger partial charge on any atom is -0.382 e. The number of primary amides is 1. The number of carbonyl (C=O) groups is 1. The van der Waals surface area contributed by atoms with Crippen molar-refractivity contribution in [2.45, 2.75) is 44.6 Å². The van der Waals surface area contributed by atoms with Crippen LogP contribution >= 0.6 is 0 Å². The second kappa shape index (κ2) is 7.34. The number of rotatable bonds is 4. The molecule has 1 aromatic heterocycles. The molecule has 2 atom stereocenters. The van der Waals surface area contributed by atoms with Crippen molar-refractivity contribution in [2.75, 3.05) is 10.6 Å². The monoisotopic (exact) mass is 324 g/mol. The summed E-state index contributed by atoms with van der Waals surface area (Å²) in [7, 11) is 0. The molecule has 5 nitrogen and oxygen atoms in total. The number of aryl methyl sites for hydroxylation is 1.